The summed E-state index contributed by atoms with van der Waals surface area (Å²) in [5.41, 5.74) is 8.84. The van der Waals surface area contributed by atoms with E-state index in [9.17, 15) is 9.90 Å². The highest BCUT2D eigenvalue weighted by Crippen LogP contribution is 2.30. The lowest BCUT2D eigenvalue weighted by molar-refractivity contribution is 0.0987. The lowest BCUT2D eigenvalue weighted by Gasteiger charge is -2.15. The lowest BCUT2D eigenvalue weighted by atomic mass is 10.0. The summed E-state index contributed by atoms with van der Waals surface area (Å²) >= 11 is 6.26. The van der Waals surface area contributed by atoms with E-state index in [-0.39, 0.29) is 11.7 Å². The highest BCUT2D eigenvalue weighted by molar-refractivity contribution is 6.32. The fourth-order valence-corrected chi connectivity index (χ4v) is 3.35. The van der Waals surface area contributed by atoms with Gasteiger partial charge in [-0.15, -0.1) is 0 Å². The molecule has 1 unspecified atom stereocenters. The van der Waals surface area contributed by atoms with Crippen molar-refractivity contribution in [2.45, 2.75) is 39.5 Å². The summed E-state index contributed by atoms with van der Waals surface area (Å²) in [6, 6.07) is 8.69. The first-order valence-electron chi connectivity index (χ1n) is 9.03. The predicted molar refractivity (Wildman–Crippen MR) is 108 cm³/mol. The van der Waals surface area contributed by atoms with Gasteiger partial charge in [0.15, 0.2) is 0 Å². The smallest absolute Gasteiger partial charge is 0.267 e. The fraction of sp³-hybridized carbons (Fsp3) is 0.300. The number of carbonyl (C=O) groups is 1. The van der Waals surface area contributed by atoms with Crippen molar-refractivity contribution in [2.75, 3.05) is 0 Å². The molecule has 29 heavy (non-hydrogen) atoms. The monoisotopic (exact) mass is 412 g/mol. The van der Waals surface area contributed by atoms with Crippen LogP contribution in [0.15, 0.2) is 30.5 Å². The molecule has 0 radical (unpaired) electrons. The minimum atomic E-state index is -0.804. The second-order valence-corrected chi connectivity index (χ2v) is 7.30. The quantitative estimate of drug-likeness (QED) is 0.644. The predicted octanol–water partition coefficient (Wildman–Crippen LogP) is 2.99. The van der Waals surface area contributed by atoms with Crippen molar-refractivity contribution in [3.05, 3.63) is 58.0 Å². The molecule has 0 saturated heterocycles. The molecule has 2 heterocycles. The molecule has 3 aromatic rings. The van der Waals surface area contributed by atoms with Crippen LogP contribution < -0.4 is 5.73 Å². The number of nitriles is 1. The van der Waals surface area contributed by atoms with Crippen molar-refractivity contribution in [1.29, 1.82) is 5.26 Å². The van der Waals surface area contributed by atoms with Gasteiger partial charge < -0.3 is 10.8 Å². The zero-order valence-corrected chi connectivity index (χ0v) is 17.1. The average molecular weight is 413 g/mol. The molecule has 150 valence electrons. The van der Waals surface area contributed by atoms with Gasteiger partial charge in [0.1, 0.15) is 11.8 Å². The van der Waals surface area contributed by atoms with Crippen LogP contribution in [-0.2, 0) is 6.54 Å². The number of carbonyl (C=O) groups excluding carboxylic acids is 1. The number of hydrogen-bond donors (Lipinski definition) is 2. The number of aliphatic hydroxyl groups excluding tert-OH is 1. The zero-order chi connectivity index (χ0) is 21.3. The second kappa shape index (κ2) is 8.07. The molecule has 0 aliphatic carbocycles. The van der Waals surface area contributed by atoms with Gasteiger partial charge in [-0.1, -0.05) is 17.7 Å². The van der Waals surface area contributed by atoms with Crippen molar-refractivity contribution < 1.29 is 9.90 Å². The Morgan fingerprint density at radius 1 is 1.34 bits per heavy atom. The zero-order valence-electron chi connectivity index (χ0n) is 16.3. The Bertz CT molecular complexity index is 1110. The number of benzene rings is 1. The molecule has 0 fully saturated rings. The minimum Gasteiger partial charge on any atom is -0.387 e. The Balaban J connectivity index is 1.87. The van der Waals surface area contributed by atoms with Gasteiger partial charge in [-0.25, -0.2) is 0 Å². The Morgan fingerprint density at radius 3 is 2.69 bits per heavy atom. The molecular formula is C20H21ClN6O2. The van der Waals surface area contributed by atoms with Crippen LogP contribution in [-0.4, -0.2) is 30.6 Å². The number of nitrogens with zero attached hydrogens (tertiary/aromatic N) is 5. The molecule has 0 aliphatic heterocycles. The average Bonchev–Trinajstić information content (AvgIpc) is 3.31. The molecule has 9 heteroatoms. The van der Waals surface area contributed by atoms with E-state index in [1.54, 1.807) is 17.7 Å². The van der Waals surface area contributed by atoms with Crippen molar-refractivity contribution in [3.63, 3.8) is 0 Å². The van der Waals surface area contributed by atoms with Gasteiger partial charge >= 0.3 is 0 Å². The Morgan fingerprint density at radius 2 is 2.07 bits per heavy atom. The minimum absolute atomic E-state index is 0.232. The van der Waals surface area contributed by atoms with Gasteiger partial charge in [-0.2, -0.15) is 15.5 Å². The van der Waals surface area contributed by atoms with Gasteiger partial charge in [0.05, 0.1) is 40.7 Å². The number of amides is 1. The lowest BCUT2D eigenvalue weighted by Crippen LogP contribution is -2.22. The first-order chi connectivity index (χ1) is 13.7. The number of primary amides is 1. The van der Waals surface area contributed by atoms with Crippen LogP contribution in [0.25, 0.3) is 11.3 Å². The standard InChI is InChI=1S/C20H21ClN6O2/c1-11(27-18(20(23)29)8-17(25-27)13(3)28)10-26-7-6-16(24-26)15-5-4-14(9-22)19(21)12(15)2/h4-8,11,13,28H,10H2,1-3H3,(H2,23,29)/t11-,13?/m0/s1. The summed E-state index contributed by atoms with van der Waals surface area (Å²) in [6.07, 6.45) is 1.02. The van der Waals surface area contributed by atoms with Gasteiger partial charge in [-0.3, -0.25) is 14.2 Å². The molecule has 8 nitrogen and oxygen atoms in total. The van der Waals surface area contributed by atoms with Crippen LogP contribution in [0.4, 0.5) is 0 Å². The topological polar surface area (TPSA) is 123 Å². The Labute approximate surface area is 173 Å². The van der Waals surface area contributed by atoms with Gasteiger partial charge in [0, 0.05) is 11.8 Å². The first kappa shape index (κ1) is 20.6. The van der Waals surface area contributed by atoms with Crippen LogP contribution in [0.5, 0.6) is 0 Å². The van der Waals surface area contributed by atoms with Crippen molar-refractivity contribution >= 4 is 17.5 Å². The van der Waals surface area contributed by atoms with Crippen LogP contribution in [0.2, 0.25) is 5.02 Å². The van der Waals surface area contributed by atoms with E-state index in [1.165, 1.54) is 10.7 Å². The summed E-state index contributed by atoms with van der Waals surface area (Å²) in [6.45, 7) is 5.74. The molecule has 0 saturated carbocycles. The molecule has 3 N–H and O–H groups in total. The van der Waals surface area contributed by atoms with Gasteiger partial charge in [0.25, 0.3) is 5.91 Å². The van der Waals surface area contributed by atoms with E-state index in [0.29, 0.717) is 22.8 Å². The van der Waals surface area contributed by atoms with Gasteiger partial charge in [0.2, 0.25) is 0 Å². The maximum Gasteiger partial charge on any atom is 0.267 e. The van der Waals surface area contributed by atoms with Crippen LogP contribution in [0.3, 0.4) is 0 Å². The first-order valence-corrected chi connectivity index (χ1v) is 9.41. The van der Waals surface area contributed by atoms with Gasteiger partial charge in [-0.05, 0) is 44.5 Å². The SMILES string of the molecule is Cc1c(-c2ccn(C[C@H](C)n3nc(C(C)O)cc3C(N)=O)n2)ccc(C#N)c1Cl. The van der Waals surface area contributed by atoms with E-state index < -0.39 is 12.0 Å². The maximum atomic E-state index is 11.7. The van der Waals surface area contributed by atoms with E-state index in [1.807, 2.05) is 32.2 Å². The number of nitrogens with two attached hydrogens (primary N) is 1. The third-order valence-electron chi connectivity index (χ3n) is 4.73. The Hall–Kier alpha value is -3.15. The van der Waals surface area contributed by atoms with E-state index in [0.717, 1.165) is 16.8 Å². The third kappa shape index (κ3) is 4.01. The van der Waals surface area contributed by atoms with Crippen LogP contribution in [0.1, 0.15) is 53.3 Å². The highest BCUT2D eigenvalue weighted by atomic mass is 35.5. The summed E-state index contributed by atoms with van der Waals surface area (Å²) < 4.78 is 3.25. The number of aromatic nitrogens is 4. The summed E-state index contributed by atoms with van der Waals surface area (Å²) in [7, 11) is 0. The molecule has 0 bridgehead atoms. The summed E-state index contributed by atoms with van der Waals surface area (Å²) in [5, 5.41) is 28.2. The molecule has 2 aromatic heterocycles. The molecule has 0 spiro atoms. The van der Waals surface area contributed by atoms with Crippen molar-refractivity contribution in [2.24, 2.45) is 5.73 Å². The number of hydrogen-bond acceptors (Lipinski definition) is 5. The summed E-state index contributed by atoms with van der Waals surface area (Å²) in [5.74, 6) is -0.611. The van der Waals surface area contributed by atoms with Crippen LogP contribution >= 0.6 is 11.6 Å². The number of halogens is 1. The van der Waals surface area contributed by atoms with E-state index in [4.69, 9.17) is 22.6 Å². The normalized spacial score (nSPS) is 13.1. The number of rotatable bonds is 6. The molecule has 1 amide bonds. The molecule has 1 aromatic carbocycles. The largest absolute Gasteiger partial charge is 0.387 e. The van der Waals surface area contributed by atoms with E-state index in [2.05, 4.69) is 16.3 Å². The fourth-order valence-electron chi connectivity index (χ4n) is 3.14. The molecule has 3 rings (SSSR count). The highest BCUT2D eigenvalue weighted by Gasteiger charge is 2.20. The number of aliphatic hydroxyl groups is 1. The maximum absolute atomic E-state index is 11.7. The molecule has 0 aliphatic rings. The second-order valence-electron chi connectivity index (χ2n) is 6.92. The third-order valence-corrected chi connectivity index (χ3v) is 5.21. The molecule has 2 atom stereocenters. The van der Waals surface area contributed by atoms with Crippen molar-refractivity contribution in [3.8, 4) is 17.3 Å². The molecular weight excluding hydrogens is 392 g/mol. The Kier molecular flexibility index (Phi) is 5.73. The van der Waals surface area contributed by atoms with Crippen LogP contribution in [0, 0.1) is 18.3 Å². The summed E-state index contributed by atoms with van der Waals surface area (Å²) in [4.78, 5) is 11.7. The van der Waals surface area contributed by atoms with E-state index >= 15 is 0 Å². The van der Waals surface area contributed by atoms with Crippen molar-refractivity contribution in [1.82, 2.24) is 19.6 Å².